The van der Waals surface area contributed by atoms with Crippen LogP contribution in [0.2, 0.25) is 0 Å². The second-order valence-electron chi connectivity index (χ2n) is 9.66. The van der Waals surface area contributed by atoms with Gasteiger partial charge in [0.25, 0.3) is 5.91 Å². The van der Waals surface area contributed by atoms with Crippen molar-refractivity contribution in [2.75, 3.05) is 13.1 Å². The molecule has 0 atom stereocenters. The van der Waals surface area contributed by atoms with Crippen LogP contribution in [-0.2, 0) is 4.79 Å². The highest BCUT2D eigenvalue weighted by atomic mass is 16.5. The third-order valence-corrected chi connectivity index (χ3v) is 6.92. The van der Waals surface area contributed by atoms with Gasteiger partial charge in [-0.15, -0.1) is 0 Å². The topological polar surface area (TPSA) is 134 Å². The maximum absolute atomic E-state index is 12.8. The molecule has 6 rings (SSSR count). The van der Waals surface area contributed by atoms with E-state index in [4.69, 9.17) is 10.5 Å². The second-order valence-corrected chi connectivity index (χ2v) is 9.66. The molecule has 1 aromatic carbocycles. The van der Waals surface area contributed by atoms with Crippen LogP contribution in [0, 0.1) is 13.8 Å². The van der Waals surface area contributed by atoms with Gasteiger partial charge in [0, 0.05) is 48.5 Å². The van der Waals surface area contributed by atoms with Gasteiger partial charge in [-0.3, -0.25) is 19.3 Å². The number of carbonyl (C=O) groups excluding carboxylic acids is 2. The SMILES string of the molecule is C=CC(=O)N1CC(n2cc(-c3c(-c4ccc(Oc5nccc(C)n5)cc4)c(C(N)=O)c4cnc(C)cn34)cn2)C1. The van der Waals surface area contributed by atoms with E-state index in [0.29, 0.717) is 35.5 Å². The Balaban J connectivity index is 1.43. The van der Waals surface area contributed by atoms with Crippen LogP contribution in [0.5, 0.6) is 11.8 Å². The van der Waals surface area contributed by atoms with E-state index in [-0.39, 0.29) is 18.0 Å². The van der Waals surface area contributed by atoms with Crippen molar-refractivity contribution in [3.8, 4) is 34.1 Å². The summed E-state index contributed by atoms with van der Waals surface area (Å²) in [7, 11) is 0. The predicted octanol–water partition coefficient (Wildman–Crippen LogP) is 3.73. The Morgan fingerprint density at radius 3 is 2.50 bits per heavy atom. The molecule has 2 amide bonds. The number of amides is 2. The Labute approximate surface area is 229 Å². The fourth-order valence-electron chi connectivity index (χ4n) is 4.93. The van der Waals surface area contributed by atoms with Crippen molar-refractivity contribution in [2.24, 2.45) is 5.73 Å². The number of aromatic nitrogens is 6. The number of ether oxygens (including phenoxy) is 1. The van der Waals surface area contributed by atoms with Crippen LogP contribution in [0.15, 0.2) is 74.0 Å². The summed E-state index contributed by atoms with van der Waals surface area (Å²) in [6.45, 7) is 8.40. The van der Waals surface area contributed by atoms with Crippen LogP contribution in [0.25, 0.3) is 27.9 Å². The first-order chi connectivity index (χ1) is 19.3. The monoisotopic (exact) mass is 534 g/mol. The summed E-state index contributed by atoms with van der Waals surface area (Å²) >= 11 is 0. The molecule has 0 spiro atoms. The zero-order valence-electron chi connectivity index (χ0n) is 22.0. The Bertz CT molecular complexity index is 1780. The zero-order chi connectivity index (χ0) is 28.0. The number of nitrogens with zero attached hydrogens (tertiary/aromatic N) is 7. The summed E-state index contributed by atoms with van der Waals surface area (Å²) in [6, 6.07) is 9.41. The van der Waals surface area contributed by atoms with Crippen molar-refractivity contribution < 1.29 is 14.3 Å². The summed E-state index contributed by atoms with van der Waals surface area (Å²) < 4.78 is 9.60. The van der Waals surface area contributed by atoms with Crippen molar-refractivity contribution in [2.45, 2.75) is 19.9 Å². The van der Waals surface area contributed by atoms with Crippen molar-refractivity contribution in [3.05, 3.63) is 90.9 Å². The van der Waals surface area contributed by atoms with E-state index in [1.54, 1.807) is 41.7 Å². The summed E-state index contributed by atoms with van der Waals surface area (Å²) in [4.78, 5) is 39.3. The minimum Gasteiger partial charge on any atom is -0.424 e. The minimum atomic E-state index is -0.567. The third-order valence-electron chi connectivity index (χ3n) is 6.92. The maximum Gasteiger partial charge on any atom is 0.322 e. The summed E-state index contributed by atoms with van der Waals surface area (Å²) in [5, 5.41) is 4.59. The molecular weight excluding hydrogens is 508 g/mol. The minimum absolute atomic E-state index is 0.0478. The lowest BCUT2D eigenvalue weighted by Crippen LogP contribution is -2.50. The van der Waals surface area contributed by atoms with Gasteiger partial charge >= 0.3 is 6.01 Å². The number of hydrogen-bond acceptors (Lipinski definition) is 7. The fraction of sp³-hybridized carbons (Fsp3) is 0.172. The Kier molecular flexibility index (Phi) is 6.10. The molecule has 5 aromatic rings. The lowest BCUT2D eigenvalue weighted by Gasteiger charge is -2.38. The molecule has 2 N–H and O–H groups in total. The van der Waals surface area contributed by atoms with Crippen LogP contribution in [0.3, 0.4) is 0 Å². The first kappa shape index (κ1) is 25.0. The van der Waals surface area contributed by atoms with E-state index in [0.717, 1.165) is 28.2 Å². The molecule has 4 aromatic heterocycles. The molecule has 0 unspecified atom stereocenters. The molecular formula is C29H26N8O3. The number of nitrogens with two attached hydrogens (primary N) is 1. The van der Waals surface area contributed by atoms with Crippen LogP contribution < -0.4 is 10.5 Å². The largest absolute Gasteiger partial charge is 0.424 e. The summed E-state index contributed by atoms with van der Waals surface area (Å²) in [6.07, 6.45) is 10.2. The normalized spacial score (nSPS) is 13.3. The second kappa shape index (κ2) is 9.77. The first-order valence-corrected chi connectivity index (χ1v) is 12.7. The average Bonchev–Trinajstić information content (AvgIpc) is 3.50. The molecule has 40 heavy (non-hydrogen) atoms. The van der Waals surface area contributed by atoms with E-state index in [9.17, 15) is 9.59 Å². The van der Waals surface area contributed by atoms with Gasteiger partial charge in [-0.2, -0.15) is 5.10 Å². The molecule has 11 nitrogen and oxygen atoms in total. The number of primary amides is 1. The fourth-order valence-corrected chi connectivity index (χ4v) is 4.93. The molecule has 1 saturated heterocycles. The van der Waals surface area contributed by atoms with Crippen LogP contribution in [-0.4, -0.2) is 58.9 Å². The Morgan fingerprint density at radius 1 is 1.02 bits per heavy atom. The van der Waals surface area contributed by atoms with Crippen molar-refractivity contribution in [3.63, 3.8) is 0 Å². The highest BCUT2D eigenvalue weighted by molar-refractivity contribution is 6.10. The van der Waals surface area contributed by atoms with Crippen LogP contribution in [0.1, 0.15) is 27.8 Å². The van der Waals surface area contributed by atoms with Gasteiger partial charge in [0.15, 0.2) is 0 Å². The first-order valence-electron chi connectivity index (χ1n) is 12.7. The van der Waals surface area contributed by atoms with E-state index < -0.39 is 5.91 Å². The number of fused-ring (bicyclic) bond motifs is 1. The highest BCUT2D eigenvalue weighted by Crippen LogP contribution is 2.40. The predicted molar refractivity (Wildman–Crippen MR) is 148 cm³/mol. The highest BCUT2D eigenvalue weighted by Gasteiger charge is 2.32. The van der Waals surface area contributed by atoms with E-state index in [1.165, 1.54) is 6.08 Å². The zero-order valence-corrected chi connectivity index (χ0v) is 22.0. The van der Waals surface area contributed by atoms with Gasteiger partial charge < -0.3 is 19.8 Å². The third kappa shape index (κ3) is 4.37. The van der Waals surface area contributed by atoms with E-state index in [1.807, 2.05) is 47.5 Å². The van der Waals surface area contributed by atoms with E-state index >= 15 is 0 Å². The number of likely N-dealkylation sites (tertiary alicyclic amines) is 1. The number of rotatable bonds is 7. The van der Waals surface area contributed by atoms with Crippen LogP contribution >= 0.6 is 0 Å². The van der Waals surface area contributed by atoms with E-state index in [2.05, 4.69) is 26.6 Å². The Hall–Kier alpha value is -5.32. The Morgan fingerprint density at radius 2 is 1.80 bits per heavy atom. The van der Waals surface area contributed by atoms with Gasteiger partial charge in [0.05, 0.1) is 40.9 Å². The molecule has 1 aliphatic heterocycles. The number of benzene rings is 1. The quantitative estimate of drug-likeness (QED) is 0.315. The number of carbonyl (C=O) groups is 2. The standard InChI is InChI=1S/C29H26N8O3/c1-4-24(38)35-15-21(16-35)37-14-20(11-33-37)27-25(26(28(30)39)23-12-32-18(3)13-36(23)27)19-5-7-22(8-6-19)40-29-31-10-9-17(2)34-29/h4-14,21H,1,15-16H2,2-3H3,(H2,30,39). The van der Waals surface area contributed by atoms with Crippen molar-refractivity contribution >= 4 is 17.3 Å². The molecule has 1 aliphatic rings. The molecule has 200 valence electrons. The molecule has 0 aliphatic carbocycles. The average molecular weight is 535 g/mol. The van der Waals surface area contributed by atoms with Crippen LogP contribution in [0.4, 0.5) is 0 Å². The summed E-state index contributed by atoms with van der Waals surface area (Å²) in [5.74, 6) is -0.115. The molecule has 1 fully saturated rings. The van der Waals surface area contributed by atoms with Crippen molar-refractivity contribution in [1.29, 1.82) is 0 Å². The number of aryl methyl sites for hydroxylation is 2. The lowest BCUT2D eigenvalue weighted by atomic mass is 9.98. The van der Waals surface area contributed by atoms with Gasteiger partial charge in [0.2, 0.25) is 5.91 Å². The van der Waals surface area contributed by atoms with Crippen molar-refractivity contribution in [1.82, 2.24) is 34.0 Å². The lowest BCUT2D eigenvalue weighted by molar-refractivity contribution is -0.131. The smallest absolute Gasteiger partial charge is 0.322 e. The maximum atomic E-state index is 12.8. The molecule has 11 heteroatoms. The van der Waals surface area contributed by atoms with Gasteiger partial charge in [-0.05, 0) is 43.7 Å². The van der Waals surface area contributed by atoms with Gasteiger partial charge in [-0.25, -0.2) is 9.97 Å². The molecule has 0 bridgehead atoms. The molecule has 0 saturated carbocycles. The molecule has 0 radical (unpaired) electrons. The summed E-state index contributed by atoms with van der Waals surface area (Å²) in [5.41, 5.74) is 11.5. The molecule has 5 heterocycles. The number of hydrogen-bond donors (Lipinski definition) is 1. The van der Waals surface area contributed by atoms with Gasteiger partial charge in [0.1, 0.15) is 5.75 Å². The van der Waals surface area contributed by atoms with Gasteiger partial charge in [-0.1, -0.05) is 18.7 Å².